The Morgan fingerprint density at radius 2 is 1.00 bits per heavy atom. The first-order chi connectivity index (χ1) is 19.2. The second kappa shape index (κ2) is 13.1. The van der Waals surface area contributed by atoms with E-state index < -0.39 is 11.9 Å². The van der Waals surface area contributed by atoms with Crippen molar-refractivity contribution in [3.63, 3.8) is 0 Å². The fourth-order valence-corrected chi connectivity index (χ4v) is 7.41. The molecular formula is C36H53O5S2-. The maximum absolute atomic E-state index is 12.8. The number of carboxylic acid groups (broad SMARTS) is 1. The lowest BCUT2D eigenvalue weighted by atomic mass is 9.79. The minimum absolute atomic E-state index is 0.0149. The van der Waals surface area contributed by atoms with E-state index in [0.29, 0.717) is 11.5 Å². The Labute approximate surface area is 269 Å². The van der Waals surface area contributed by atoms with Crippen LogP contribution >= 0.6 is 23.5 Å². The van der Waals surface area contributed by atoms with E-state index >= 15 is 0 Å². The minimum atomic E-state index is -1.17. The van der Waals surface area contributed by atoms with Crippen molar-refractivity contribution in [1.29, 1.82) is 0 Å². The van der Waals surface area contributed by atoms with Crippen LogP contribution in [0.15, 0.2) is 34.1 Å². The Kier molecular flexibility index (Phi) is 11.3. The number of hydrogen-bond acceptors (Lipinski definition) is 7. The molecule has 0 aromatic heterocycles. The average molecular weight is 630 g/mol. The normalized spacial score (nSPS) is 13.3. The number of carboxylic acids is 1. The molecule has 0 aliphatic rings. The van der Waals surface area contributed by atoms with Gasteiger partial charge in [-0.2, -0.15) is 0 Å². The third-order valence-electron chi connectivity index (χ3n) is 7.08. The van der Waals surface area contributed by atoms with Crippen LogP contribution < -0.4 is 9.84 Å². The van der Waals surface area contributed by atoms with Crippen molar-refractivity contribution < 1.29 is 24.5 Å². The highest BCUT2D eigenvalue weighted by Crippen LogP contribution is 2.51. The highest BCUT2D eigenvalue weighted by molar-refractivity contribution is 8.18. The molecule has 7 heteroatoms. The average Bonchev–Trinajstić information content (AvgIpc) is 2.77. The second-order valence-corrected chi connectivity index (χ2v) is 19.7. The lowest BCUT2D eigenvalue weighted by Crippen LogP contribution is -2.24. The SMILES string of the molecule is CC(C)(Sc1cc(C(C)(C)C)c(O)c(C(C)(C)C)c1)Sc1cc(C(C)(C)C)c(OC(=O)CCCC(=O)[O-])c(C(C)(C)C)c1. The molecule has 0 fully saturated rings. The molecule has 240 valence electrons. The molecule has 0 bridgehead atoms. The summed E-state index contributed by atoms with van der Waals surface area (Å²) in [6, 6.07) is 8.51. The van der Waals surface area contributed by atoms with E-state index in [9.17, 15) is 19.8 Å². The smallest absolute Gasteiger partial charge is 0.311 e. The summed E-state index contributed by atoms with van der Waals surface area (Å²) in [6.07, 6.45) is 0.0214. The van der Waals surface area contributed by atoms with E-state index in [4.69, 9.17) is 4.74 Å². The fraction of sp³-hybridized carbons (Fsp3) is 0.611. The number of carbonyl (C=O) groups excluding carboxylic acids is 2. The van der Waals surface area contributed by atoms with Crippen LogP contribution in [0.5, 0.6) is 11.5 Å². The van der Waals surface area contributed by atoms with E-state index in [1.807, 2.05) is 0 Å². The molecule has 0 spiro atoms. The third-order valence-corrected chi connectivity index (χ3v) is 9.51. The molecule has 0 atom stereocenters. The number of rotatable bonds is 9. The number of thioether (sulfide) groups is 2. The first-order valence-corrected chi connectivity index (χ1v) is 16.7. The number of benzene rings is 2. The molecule has 5 nitrogen and oxygen atoms in total. The Bertz CT molecular complexity index is 1260. The van der Waals surface area contributed by atoms with Crippen molar-refractivity contribution in [1.82, 2.24) is 0 Å². The topological polar surface area (TPSA) is 86.7 Å². The fourth-order valence-electron chi connectivity index (χ4n) is 4.83. The highest BCUT2D eigenvalue weighted by atomic mass is 32.2. The zero-order chi connectivity index (χ0) is 33.3. The van der Waals surface area contributed by atoms with Crippen molar-refractivity contribution >= 4 is 35.5 Å². The molecule has 0 unspecified atom stereocenters. The summed E-state index contributed by atoms with van der Waals surface area (Å²) in [5.74, 6) is -0.664. The zero-order valence-corrected chi connectivity index (χ0v) is 30.5. The zero-order valence-electron chi connectivity index (χ0n) is 28.8. The van der Waals surface area contributed by atoms with Gasteiger partial charge >= 0.3 is 5.97 Å². The maximum Gasteiger partial charge on any atom is 0.311 e. The molecule has 43 heavy (non-hydrogen) atoms. The molecule has 0 radical (unpaired) electrons. The van der Waals surface area contributed by atoms with Crippen molar-refractivity contribution in [2.24, 2.45) is 0 Å². The summed E-state index contributed by atoms with van der Waals surface area (Å²) >= 11 is 3.54. The van der Waals surface area contributed by atoms with Crippen molar-refractivity contribution in [3.8, 4) is 11.5 Å². The number of ether oxygens (including phenoxy) is 1. The quantitative estimate of drug-likeness (QED) is 0.128. The monoisotopic (exact) mass is 629 g/mol. The van der Waals surface area contributed by atoms with Crippen molar-refractivity contribution in [3.05, 3.63) is 46.5 Å². The van der Waals surface area contributed by atoms with Gasteiger partial charge in [-0.05, 0) is 72.6 Å². The van der Waals surface area contributed by atoms with Gasteiger partial charge in [0, 0.05) is 44.4 Å². The number of hydrogen-bond donors (Lipinski definition) is 1. The molecule has 2 rings (SSSR count). The van der Waals surface area contributed by atoms with Gasteiger partial charge in [-0.1, -0.05) is 83.1 Å². The summed E-state index contributed by atoms with van der Waals surface area (Å²) in [4.78, 5) is 25.9. The molecule has 0 aliphatic heterocycles. The van der Waals surface area contributed by atoms with Gasteiger partial charge in [0.25, 0.3) is 0 Å². The van der Waals surface area contributed by atoms with Gasteiger partial charge in [-0.15, -0.1) is 23.5 Å². The lowest BCUT2D eigenvalue weighted by Gasteiger charge is -2.32. The first kappa shape index (κ1) is 37.1. The highest BCUT2D eigenvalue weighted by Gasteiger charge is 2.32. The van der Waals surface area contributed by atoms with Gasteiger partial charge in [-0.25, -0.2) is 0 Å². The van der Waals surface area contributed by atoms with E-state index in [2.05, 4.69) is 121 Å². The Hall–Kier alpha value is -2.12. The van der Waals surface area contributed by atoms with E-state index in [0.717, 1.165) is 32.0 Å². The van der Waals surface area contributed by atoms with E-state index in [-0.39, 0.29) is 45.0 Å². The lowest BCUT2D eigenvalue weighted by molar-refractivity contribution is -0.305. The van der Waals surface area contributed by atoms with E-state index in [1.54, 1.807) is 23.5 Å². The first-order valence-electron chi connectivity index (χ1n) is 15.1. The van der Waals surface area contributed by atoms with Crippen LogP contribution in [0.3, 0.4) is 0 Å². The van der Waals surface area contributed by atoms with Crippen LogP contribution in [-0.4, -0.2) is 21.1 Å². The van der Waals surface area contributed by atoms with Gasteiger partial charge in [0.05, 0.1) is 4.08 Å². The third kappa shape index (κ3) is 10.5. The van der Waals surface area contributed by atoms with Crippen LogP contribution in [-0.2, 0) is 31.2 Å². The largest absolute Gasteiger partial charge is 0.550 e. The molecule has 0 amide bonds. The van der Waals surface area contributed by atoms with E-state index in [1.165, 1.54) is 0 Å². The van der Waals surface area contributed by atoms with Crippen LogP contribution in [0.25, 0.3) is 0 Å². The predicted octanol–water partition coefficient (Wildman–Crippen LogP) is 9.03. The maximum atomic E-state index is 12.8. The summed E-state index contributed by atoms with van der Waals surface area (Å²) in [7, 11) is 0. The summed E-state index contributed by atoms with van der Waals surface area (Å²) in [5.41, 5.74) is 2.72. The number of aliphatic carboxylic acids is 1. The number of aromatic hydroxyl groups is 1. The number of esters is 1. The Balaban J connectivity index is 2.58. The Morgan fingerprint density at radius 1 is 0.651 bits per heavy atom. The van der Waals surface area contributed by atoms with Crippen LogP contribution in [0.4, 0.5) is 0 Å². The summed E-state index contributed by atoms with van der Waals surface area (Å²) in [6.45, 7) is 29.8. The van der Waals surface area contributed by atoms with Gasteiger partial charge in [0.1, 0.15) is 11.5 Å². The molecule has 2 aromatic carbocycles. The van der Waals surface area contributed by atoms with Gasteiger partial charge < -0.3 is 19.7 Å². The molecule has 2 aromatic rings. The molecule has 0 heterocycles. The van der Waals surface area contributed by atoms with Crippen LogP contribution in [0.2, 0.25) is 0 Å². The molecular weight excluding hydrogens is 577 g/mol. The van der Waals surface area contributed by atoms with Crippen molar-refractivity contribution in [2.75, 3.05) is 0 Å². The van der Waals surface area contributed by atoms with Gasteiger partial charge in [0.2, 0.25) is 0 Å². The molecule has 0 aliphatic carbocycles. The summed E-state index contributed by atoms with van der Waals surface area (Å²) in [5, 5.41) is 22.0. The van der Waals surface area contributed by atoms with Crippen molar-refractivity contribution in [2.45, 2.75) is 152 Å². The molecule has 1 N–H and O–H groups in total. The van der Waals surface area contributed by atoms with Gasteiger partial charge in [0.15, 0.2) is 0 Å². The predicted molar refractivity (Wildman–Crippen MR) is 180 cm³/mol. The Morgan fingerprint density at radius 3 is 1.33 bits per heavy atom. The summed E-state index contributed by atoms with van der Waals surface area (Å²) < 4.78 is 5.73. The molecule has 0 saturated carbocycles. The van der Waals surface area contributed by atoms with Crippen LogP contribution in [0, 0.1) is 0 Å². The standard InChI is InChI=1S/C36H54O5S2/c1-32(2,3)24-18-22(19-25(30(24)40)33(4,5)6)42-36(13,14)43-23-20-26(34(7,8)9)31(27(21-23)35(10,11)12)41-29(39)17-15-16-28(37)38/h18-21,40H,15-17H2,1-14H3,(H,37,38)/p-1. The minimum Gasteiger partial charge on any atom is -0.550 e. The number of phenols is 1. The molecule has 0 saturated heterocycles. The second-order valence-electron chi connectivity index (χ2n) is 16.0. The van der Waals surface area contributed by atoms with Gasteiger partial charge in [-0.3, -0.25) is 4.79 Å². The number of phenolic OH excluding ortho intramolecular Hbond substituents is 1. The number of carbonyl (C=O) groups is 2. The van der Waals surface area contributed by atoms with Crippen LogP contribution in [0.1, 0.15) is 138 Å².